The van der Waals surface area contributed by atoms with Gasteiger partial charge in [0, 0.05) is 6.04 Å². The summed E-state index contributed by atoms with van der Waals surface area (Å²) in [5.74, 6) is 0.445. The lowest BCUT2D eigenvalue weighted by Gasteiger charge is -2.36. The fourth-order valence-corrected chi connectivity index (χ4v) is 3.39. The molecule has 1 saturated carbocycles. The van der Waals surface area contributed by atoms with Crippen molar-refractivity contribution in [3.05, 3.63) is 47.3 Å². The van der Waals surface area contributed by atoms with Gasteiger partial charge in [0.1, 0.15) is 5.82 Å². The topological polar surface area (TPSA) is 12.0 Å². The molecule has 0 aliphatic heterocycles. The lowest BCUT2D eigenvalue weighted by atomic mass is 9.76. The third-order valence-corrected chi connectivity index (χ3v) is 4.72. The summed E-state index contributed by atoms with van der Waals surface area (Å²) in [6.07, 6.45) is 11.3. The van der Waals surface area contributed by atoms with Crippen molar-refractivity contribution in [2.75, 3.05) is 6.54 Å². The summed E-state index contributed by atoms with van der Waals surface area (Å²) in [4.78, 5) is 0. The summed E-state index contributed by atoms with van der Waals surface area (Å²) < 4.78 is 13.2. The summed E-state index contributed by atoms with van der Waals surface area (Å²) in [6.45, 7) is 1.10. The molecular formula is C18H24FN. The van der Waals surface area contributed by atoms with Crippen LogP contribution in [0.25, 0.3) is 0 Å². The molecule has 108 valence electrons. The van der Waals surface area contributed by atoms with Gasteiger partial charge >= 0.3 is 0 Å². The second-order valence-corrected chi connectivity index (χ2v) is 6.23. The molecular weight excluding hydrogens is 249 g/mol. The lowest BCUT2D eigenvalue weighted by molar-refractivity contribution is 0.291. The summed E-state index contributed by atoms with van der Waals surface area (Å²) in [5, 5.41) is 3.65. The van der Waals surface area contributed by atoms with Gasteiger partial charge in [0.25, 0.3) is 0 Å². The van der Waals surface area contributed by atoms with E-state index in [0.29, 0.717) is 12.0 Å². The predicted molar refractivity (Wildman–Crippen MR) is 81.3 cm³/mol. The highest BCUT2D eigenvalue weighted by atomic mass is 19.1. The molecule has 0 saturated heterocycles. The molecule has 1 aromatic rings. The van der Waals surface area contributed by atoms with Gasteiger partial charge < -0.3 is 5.32 Å². The maximum Gasteiger partial charge on any atom is 0.123 e. The van der Waals surface area contributed by atoms with Crippen LogP contribution in [0.4, 0.5) is 4.39 Å². The molecule has 0 unspecified atom stereocenters. The number of hydrogen-bond donors (Lipinski definition) is 1. The van der Waals surface area contributed by atoms with Crippen LogP contribution in [0.3, 0.4) is 0 Å². The molecule has 0 heterocycles. The maximum absolute atomic E-state index is 13.2. The summed E-state index contributed by atoms with van der Waals surface area (Å²) in [5.41, 5.74) is 2.81. The number of rotatable bonds is 5. The van der Waals surface area contributed by atoms with Gasteiger partial charge in [-0.05, 0) is 75.1 Å². The fourth-order valence-electron chi connectivity index (χ4n) is 3.39. The number of nitrogens with one attached hydrogen (secondary N) is 1. The van der Waals surface area contributed by atoms with Crippen LogP contribution in [0.5, 0.6) is 0 Å². The van der Waals surface area contributed by atoms with Crippen LogP contribution in [0, 0.1) is 5.82 Å². The molecule has 2 aliphatic carbocycles. The van der Waals surface area contributed by atoms with Crippen molar-refractivity contribution in [1.82, 2.24) is 5.32 Å². The van der Waals surface area contributed by atoms with Crippen molar-refractivity contribution < 1.29 is 4.39 Å². The zero-order chi connectivity index (χ0) is 13.8. The first-order valence-electron chi connectivity index (χ1n) is 7.98. The minimum Gasteiger partial charge on any atom is -0.314 e. The van der Waals surface area contributed by atoms with E-state index >= 15 is 0 Å². The minimum atomic E-state index is -0.108. The van der Waals surface area contributed by atoms with Crippen molar-refractivity contribution in [2.45, 2.75) is 56.9 Å². The van der Waals surface area contributed by atoms with Crippen molar-refractivity contribution in [3.63, 3.8) is 0 Å². The SMILES string of the molecule is Fc1cccc(C2CC(NCCC3=CCCCC3)C2)c1. The van der Waals surface area contributed by atoms with Crippen LogP contribution in [0.15, 0.2) is 35.9 Å². The second-order valence-electron chi connectivity index (χ2n) is 6.23. The molecule has 2 heteroatoms. The van der Waals surface area contributed by atoms with Crippen molar-refractivity contribution >= 4 is 0 Å². The maximum atomic E-state index is 13.2. The van der Waals surface area contributed by atoms with E-state index in [1.807, 2.05) is 6.07 Å². The van der Waals surface area contributed by atoms with Crippen LogP contribution >= 0.6 is 0 Å². The first-order chi connectivity index (χ1) is 9.81. The van der Waals surface area contributed by atoms with Crippen LogP contribution in [0.2, 0.25) is 0 Å². The van der Waals surface area contributed by atoms with Crippen LogP contribution in [-0.4, -0.2) is 12.6 Å². The van der Waals surface area contributed by atoms with Gasteiger partial charge in [0.2, 0.25) is 0 Å². The number of allylic oxidation sites excluding steroid dienone is 1. The normalized spacial score (nSPS) is 25.9. The molecule has 1 fully saturated rings. The first kappa shape index (κ1) is 13.8. The van der Waals surface area contributed by atoms with E-state index < -0.39 is 0 Å². The minimum absolute atomic E-state index is 0.108. The Labute approximate surface area is 121 Å². The third-order valence-electron chi connectivity index (χ3n) is 4.72. The Morgan fingerprint density at radius 3 is 2.85 bits per heavy atom. The van der Waals surface area contributed by atoms with Crippen LogP contribution < -0.4 is 5.32 Å². The van der Waals surface area contributed by atoms with E-state index in [2.05, 4.69) is 17.5 Å². The largest absolute Gasteiger partial charge is 0.314 e. The molecule has 3 rings (SSSR count). The van der Waals surface area contributed by atoms with E-state index in [-0.39, 0.29) is 5.82 Å². The molecule has 1 aromatic carbocycles. The summed E-state index contributed by atoms with van der Waals surface area (Å²) in [7, 11) is 0. The Morgan fingerprint density at radius 2 is 2.10 bits per heavy atom. The van der Waals surface area contributed by atoms with Crippen molar-refractivity contribution in [3.8, 4) is 0 Å². The lowest BCUT2D eigenvalue weighted by Crippen LogP contribution is -2.40. The van der Waals surface area contributed by atoms with Gasteiger partial charge in [-0.25, -0.2) is 4.39 Å². The second kappa shape index (κ2) is 6.53. The van der Waals surface area contributed by atoms with Gasteiger partial charge in [-0.3, -0.25) is 0 Å². The van der Waals surface area contributed by atoms with E-state index in [9.17, 15) is 4.39 Å². The molecule has 0 amide bonds. The number of hydrogen-bond acceptors (Lipinski definition) is 1. The van der Waals surface area contributed by atoms with Crippen LogP contribution in [0.1, 0.15) is 56.4 Å². The molecule has 0 spiro atoms. The Kier molecular flexibility index (Phi) is 4.51. The molecule has 1 nitrogen and oxygen atoms in total. The van der Waals surface area contributed by atoms with Crippen molar-refractivity contribution in [2.24, 2.45) is 0 Å². The Balaban J connectivity index is 1.37. The molecule has 1 N–H and O–H groups in total. The van der Waals surface area contributed by atoms with Gasteiger partial charge in [0.15, 0.2) is 0 Å². The van der Waals surface area contributed by atoms with Gasteiger partial charge in [0.05, 0.1) is 0 Å². The molecule has 0 atom stereocenters. The van der Waals surface area contributed by atoms with Gasteiger partial charge in [-0.2, -0.15) is 0 Å². The number of benzene rings is 1. The smallest absolute Gasteiger partial charge is 0.123 e. The highest BCUT2D eigenvalue weighted by Crippen LogP contribution is 2.37. The standard InChI is InChI=1S/C18H24FN/c19-17-8-4-7-15(11-17)16-12-18(13-16)20-10-9-14-5-2-1-3-6-14/h4-5,7-8,11,16,18,20H,1-3,6,9-10,12-13H2. The van der Waals surface area contributed by atoms with Gasteiger partial charge in [-0.1, -0.05) is 23.8 Å². The quantitative estimate of drug-likeness (QED) is 0.776. The highest BCUT2D eigenvalue weighted by Gasteiger charge is 2.29. The molecule has 0 bridgehead atoms. The third kappa shape index (κ3) is 3.49. The van der Waals surface area contributed by atoms with E-state index in [1.165, 1.54) is 38.2 Å². The fraction of sp³-hybridized carbons (Fsp3) is 0.556. The molecule has 0 aromatic heterocycles. The highest BCUT2D eigenvalue weighted by molar-refractivity contribution is 5.23. The van der Waals surface area contributed by atoms with E-state index in [4.69, 9.17) is 0 Å². The Hall–Kier alpha value is -1.15. The molecule has 2 aliphatic rings. The molecule has 0 radical (unpaired) electrons. The van der Waals surface area contributed by atoms with Crippen molar-refractivity contribution in [1.29, 1.82) is 0 Å². The predicted octanol–water partition coefficient (Wildman–Crippen LogP) is 4.55. The van der Waals surface area contributed by atoms with Gasteiger partial charge in [-0.15, -0.1) is 0 Å². The average Bonchev–Trinajstić information content (AvgIpc) is 2.42. The first-order valence-corrected chi connectivity index (χ1v) is 7.98. The Morgan fingerprint density at radius 1 is 1.20 bits per heavy atom. The summed E-state index contributed by atoms with van der Waals surface area (Å²) >= 11 is 0. The monoisotopic (exact) mass is 273 g/mol. The van der Waals surface area contributed by atoms with Crippen LogP contribution in [-0.2, 0) is 0 Å². The number of halogens is 1. The average molecular weight is 273 g/mol. The van der Waals surface area contributed by atoms with E-state index in [0.717, 1.165) is 24.9 Å². The Bertz CT molecular complexity index is 474. The van der Waals surface area contributed by atoms with E-state index in [1.54, 1.807) is 11.6 Å². The summed E-state index contributed by atoms with van der Waals surface area (Å²) in [6, 6.07) is 7.72. The zero-order valence-electron chi connectivity index (χ0n) is 12.1. The molecule has 20 heavy (non-hydrogen) atoms. The zero-order valence-corrected chi connectivity index (χ0v) is 12.1.